The molecule has 1 saturated heterocycles. The van der Waals surface area contributed by atoms with E-state index in [1.54, 1.807) is 29.2 Å². The third-order valence-corrected chi connectivity index (χ3v) is 5.72. The molecule has 0 saturated carbocycles. The van der Waals surface area contributed by atoms with E-state index in [0.29, 0.717) is 37.4 Å². The predicted octanol–water partition coefficient (Wildman–Crippen LogP) is 3.12. The lowest BCUT2D eigenvalue weighted by Gasteiger charge is -2.17. The van der Waals surface area contributed by atoms with E-state index in [4.69, 9.17) is 4.74 Å². The molecule has 174 valence electrons. The summed E-state index contributed by atoms with van der Waals surface area (Å²) in [6.45, 7) is 1.19. The molecule has 7 heteroatoms. The zero-order valence-electron chi connectivity index (χ0n) is 18.8. The minimum absolute atomic E-state index is 0.0764. The Morgan fingerprint density at radius 3 is 2.24 bits per heavy atom. The van der Waals surface area contributed by atoms with Crippen LogP contribution in [0.1, 0.15) is 27.9 Å². The molecule has 0 radical (unpaired) electrons. The van der Waals surface area contributed by atoms with Gasteiger partial charge in [-0.15, -0.1) is 0 Å². The highest BCUT2D eigenvalue weighted by Gasteiger charge is 2.34. The van der Waals surface area contributed by atoms with Crippen LogP contribution in [0, 0.1) is 5.92 Å². The van der Waals surface area contributed by atoms with Gasteiger partial charge in [0.15, 0.2) is 0 Å². The second-order valence-electron chi connectivity index (χ2n) is 8.18. The molecule has 3 aromatic carbocycles. The predicted molar refractivity (Wildman–Crippen MR) is 128 cm³/mol. The number of rotatable bonds is 8. The molecule has 0 spiro atoms. The first kappa shape index (κ1) is 23.0. The third kappa shape index (κ3) is 6.01. The van der Waals surface area contributed by atoms with Gasteiger partial charge < -0.3 is 9.64 Å². The van der Waals surface area contributed by atoms with Crippen molar-refractivity contribution < 1.29 is 19.1 Å². The number of hydrogen-bond acceptors (Lipinski definition) is 4. The second-order valence-corrected chi connectivity index (χ2v) is 8.18. The molecular weight excluding hydrogens is 430 g/mol. The molecule has 1 unspecified atom stereocenters. The summed E-state index contributed by atoms with van der Waals surface area (Å²) in [4.78, 5) is 39.3. The van der Waals surface area contributed by atoms with E-state index in [1.165, 1.54) is 0 Å². The van der Waals surface area contributed by atoms with Crippen LogP contribution in [0.3, 0.4) is 0 Å². The number of nitrogens with zero attached hydrogens (tertiary/aromatic N) is 1. The van der Waals surface area contributed by atoms with Gasteiger partial charge in [-0.25, -0.2) is 0 Å². The number of hydrogen-bond donors (Lipinski definition) is 2. The highest BCUT2D eigenvalue weighted by molar-refractivity contribution is 5.98. The van der Waals surface area contributed by atoms with Crippen molar-refractivity contribution in [3.8, 4) is 5.75 Å². The van der Waals surface area contributed by atoms with Crippen LogP contribution in [0.2, 0.25) is 0 Å². The Labute approximate surface area is 198 Å². The number of amides is 3. The van der Waals surface area contributed by atoms with Gasteiger partial charge in [0.25, 0.3) is 5.91 Å². The molecular formula is C27H27N3O4. The summed E-state index contributed by atoms with van der Waals surface area (Å²) in [5.41, 5.74) is 7.39. The highest BCUT2D eigenvalue weighted by atomic mass is 16.5. The lowest BCUT2D eigenvalue weighted by atomic mass is 10.1. The zero-order valence-corrected chi connectivity index (χ0v) is 18.8. The molecule has 1 aliphatic rings. The Balaban J connectivity index is 1.28. The van der Waals surface area contributed by atoms with Gasteiger partial charge in [0, 0.05) is 25.9 Å². The van der Waals surface area contributed by atoms with Crippen molar-refractivity contribution in [2.24, 2.45) is 5.92 Å². The fourth-order valence-corrected chi connectivity index (χ4v) is 3.90. The molecule has 0 bridgehead atoms. The molecule has 0 aliphatic carbocycles. The standard InChI is InChI=1S/C27H27N3O4/c31-25-17-22(19-30(25)18-21-11-5-2-6-12-21)26(32)28-29-27(33)23-13-7-8-14-24(23)34-16-15-20-9-3-1-4-10-20/h1-14,22H,15-19H2,(H,28,32)(H,29,33). The molecule has 1 atom stereocenters. The van der Waals surface area contributed by atoms with Crippen molar-refractivity contribution >= 4 is 17.7 Å². The molecule has 4 rings (SSSR count). The number of carbonyl (C=O) groups excluding carboxylic acids is 3. The Bertz CT molecular complexity index is 1130. The molecule has 3 aromatic rings. The molecule has 0 aromatic heterocycles. The summed E-state index contributed by atoms with van der Waals surface area (Å²) in [7, 11) is 0. The fraction of sp³-hybridized carbons (Fsp3) is 0.222. The normalized spacial score (nSPS) is 15.1. The van der Waals surface area contributed by atoms with Gasteiger partial charge in [-0.3, -0.25) is 25.2 Å². The van der Waals surface area contributed by atoms with Gasteiger partial charge in [-0.05, 0) is 23.3 Å². The van der Waals surface area contributed by atoms with Crippen molar-refractivity contribution in [2.75, 3.05) is 13.2 Å². The maximum Gasteiger partial charge on any atom is 0.273 e. The Hall–Kier alpha value is -4.13. The largest absolute Gasteiger partial charge is 0.492 e. The van der Waals surface area contributed by atoms with Crippen LogP contribution in [0.25, 0.3) is 0 Å². The van der Waals surface area contributed by atoms with E-state index in [0.717, 1.165) is 11.1 Å². The number of likely N-dealkylation sites (tertiary alicyclic amines) is 1. The van der Waals surface area contributed by atoms with E-state index in [-0.39, 0.29) is 18.2 Å². The zero-order chi connectivity index (χ0) is 23.8. The molecule has 34 heavy (non-hydrogen) atoms. The molecule has 2 N–H and O–H groups in total. The maximum absolute atomic E-state index is 12.7. The highest BCUT2D eigenvalue weighted by Crippen LogP contribution is 2.21. The van der Waals surface area contributed by atoms with Crippen molar-refractivity contribution in [1.29, 1.82) is 0 Å². The van der Waals surface area contributed by atoms with Crippen molar-refractivity contribution in [2.45, 2.75) is 19.4 Å². The van der Waals surface area contributed by atoms with Crippen LogP contribution in [0.5, 0.6) is 5.75 Å². The quantitative estimate of drug-likeness (QED) is 0.509. The van der Waals surface area contributed by atoms with Gasteiger partial charge in [-0.2, -0.15) is 0 Å². The minimum Gasteiger partial charge on any atom is -0.492 e. The summed E-state index contributed by atoms with van der Waals surface area (Å²) in [6, 6.07) is 26.5. The monoisotopic (exact) mass is 457 g/mol. The van der Waals surface area contributed by atoms with Gasteiger partial charge >= 0.3 is 0 Å². The van der Waals surface area contributed by atoms with Gasteiger partial charge in [0.2, 0.25) is 11.8 Å². The van der Waals surface area contributed by atoms with E-state index in [1.807, 2.05) is 60.7 Å². The van der Waals surface area contributed by atoms with E-state index >= 15 is 0 Å². The molecule has 1 heterocycles. The van der Waals surface area contributed by atoms with Gasteiger partial charge in [0.1, 0.15) is 5.75 Å². The fourth-order valence-electron chi connectivity index (χ4n) is 3.90. The summed E-state index contributed by atoms with van der Waals surface area (Å²) >= 11 is 0. The van der Waals surface area contributed by atoms with Crippen LogP contribution in [-0.4, -0.2) is 35.8 Å². The van der Waals surface area contributed by atoms with Gasteiger partial charge in [-0.1, -0.05) is 72.8 Å². The average Bonchev–Trinajstić information content (AvgIpc) is 3.24. The first-order valence-electron chi connectivity index (χ1n) is 11.3. The van der Waals surface area contributed by atoms with E-state index in [2.05, 4.69) is 10.9 Å². The maximum atomic E-state index is 12.7. The SMILES string of the molecule is O=C(NNC(=O)C1CC(=O)N(Cc2ccccc2)C1)c1ccccc1OCCc1ccccc1. The Morgan fingerprint density at radius 2 is 1.50 bits per heavy atom. The first-order chi connectivity index (χ1) is 16.6. The molecule has 3 amide bonds. The van der Waals surface area contributed by atoms with Crippen LogP contribution in [0.4, 0.5) is 0 Å². The Morgan fingerprint density at radius 1 is 0.853 bits per heavy atom. The first-order valence-corrected chi connectivity index (χ1v) is 11.3. The summed E-state index contributed by atoms with van der Waals surface area (Å²) in [6.07, 6.45) is 0.830. The number of nitrogens with one attached hydrogen (secondary N) is 2. The van der Waals surface area contributed by atoms with Crippen molar-refractivity contribution in [1.82, 2.24) is 15.8 Å². The number of ether oxygens (including phenoxy) is 1. The molecule has 1 aliphatic heterocycles. The van der Waals surface area contributed by atoms with Crippen molar-refractivity contribution in [3.05, 3.63) is 102 Å². The van der Waals surface area contributed by atoms with Crippen molar-refractivity contribution in [3.63, 3.8) is 0 Å². The third-order valence-electron chi connectivity index (χ3n) is 5.72. The lowest BCUT2D eigenvalue weighted by molar-refractivity contribution is -0.129. The topological polar surface area (TPSA) is 87.7 Å². The summed E-state index contributed by atoms with van der Waals surface area (Å²) < 4.78 is 5.83. The average molecular weight is 458 g/mol. The number of para-hydroxylation sites is 1. The lowest BCUT2D eigenvalue weighted by Crippen LogP contribution is -2.45. The minimum atomic E-state index is -0.520. The number of hydrazine groups is 1. The van der Waals surface area contributed by atoms with Crippen LogP contribution in [-0.2, 0) is 22.6 Å². The summed E-state index contributed by atoms with van der Waals surface area (Å²) in [5.74, 6) is -1.02. The van der Waals surface area contributed by atoms with Crippen LogP contribution >= 0.6 is 0 Å². The number of benzene rings is 3. The second kappa shape index (κ2) is 11.1. The number of carbonyl (C=O) groups is 3. The molecule has 1 fully saturated rings. The van der Waals surface area contributed by atoms with Crippen LogP contribution < -0.4 is 15.6 Å². The smallest absolute Gasteiger partial charge is 0.273 e. The molecule has 7 nitrogen and oxygen atoms in total. The van der Waals surface area contributed by atoms with E-state index < -0.39 is 11.8 Å². The van der Waals surface area contributed by atoms with E-state index in [9.17, 15) is 14.4 Å². The van der Waals surface area contributed by atoms with Gasteiger partial charge in [0.05, 0.1) is 18.1 Å². The van der Waals surface area contributed by atoms with Crippen LogP contribution in [0.15, 0.2) is 84.9 Å². The Kier molecular flexibility index (Phi) is 7.55. The summed E-state index contributed by atoms with van der Waals surface area (Å²) in [5, 5.41) is 0.